The lowest BCUT2D eigenvalue weighted by Gasteiger charge is -2.11. The second kappa shape index (κ2) is 3.41. The topological polar surface area (TPSA) is 61.6 Å². The highest BCUT2D eigenvalue weighted by atomic mass is 32.2. The third-order valence-corrected chi connectivity index (χ3v) is 3.54. The van der Waals surface area contributed by atoms with Crippen molar-refractivity contribution in [1.29, 1.82) is 0 Å². The van der Waals surface area contributed by atoms with Gasteiger partial charge in [0.2, 0.25) is 6.79 Å². The first-order valence-corrected chi connectivity index (χ1v) is 5.64. The highest BCUT2D eigenvalue weighted by molar-refractivity contribution is 7.99. The van der Waals surface area contributed by atoms with Gasteiger partial charge in [-0.05, 0) is 17.7 Å². The van der Waals surface area contributed by atoms with Gasteiger partial charge in [0.05, 0.1) is 10.7 Å². The number of thioether (sulfide) groups is 1. The molecule has 0 aromatic heterocycles. The Morgan fingerprint density at radius 1 is 1.31 bits per heavy atom. The van der Waals surface area contributed by atoms with E-state index in [1.165, 1.54) is 11.8 Å². The summed E-state index contributed by atoms with van der Waals surface area (Å²) in [6, 6.07) is 3.66. The summed E-state index contributed by atoms with van der Waals surface area (Å²) in [5.41, 5.74) is 1.04. The van der Waals surface area contributed by atoms with Gasteiger partial charge in [-0.1, -0.05) is 0 Å². The van der Waals surface area contributed by atoms with Crippen molar-refractivity contribution < 1.29 is 14.4 Å². The Labute approximate surface area is 95.2 Å². The van der Waals surface area contributed by atoms with Crippen LogP contribution >= 0.6 is 11.8 Å². The predicted octanol–water partition coefficient (Wildman–Crippen LogP) is 2.14. The van der Waals surface area contributed by atoms with Gasteiger partial charge in [0.1, 0.15) is 0 Å². The maximum absolute atomic E-state index is 10.7. The molecular weight excluding hydrogens is 230 g/mol. The third-order valence-electron chi connectivity index (χ3n) is 2.44. The van der Waals surface area contributed by atoms with E-state index >= 15 is 0 Å². The van der Waals surface area contributed by atoms with E-state index in [0.29, 0.717) is 17.3 Å². The van der Waals surface area contributed by atoms with Crippen molar-refractivity contribution >= 4 is 17.8 Å². The summed E-state index contributed by atoms with van der Waals surface area (Å²) < 4.78 is 10.5. The highest BCUT2D eigenvalue weighted by Crippen LogP contribution is 2.41. The van der Waals surface area contributed by atoms with Crippen LogP contribution in [0.15, 0.2) is 22.7 Å². The van der Waals surface area contributed by atoms with Crippen LogP contribution in [0.2, 0.25) is 0 Å². The molecule has 0 atom stereocenters. The SMILES string of the molecule is O=[N+]([O-])C1=Cc2cc3c(cc2SC1)OCO3. The Morgan fingerprint density at radius 2 is 2.06 bits per heavy atom. The Kier molecular flexibility index (Phi) is 2.03. The van der Waals surface area contributed by atoms with Gasteiger partial charge in [0, 0.05) is 11.0 Å². The van der Waals surface area contributed by atoms with Gasteiger partial charge in [-0.15, -0.1) is 11.8 Å². The lowest BCUT2D eigenvalue weighted by molar-refractivity contribution is -0.421. The first-order valence-electron chi connectivity index (χ1n) is 4.65. The van der Waals surface area contributed by atoms with Gasteiger partial charge in [-0.25, -0.2) is 0 Å². The molecule has 6 heteroatoms. The van der Waals surface area contributed by atoms with Crippen molar-refractivity contribution in [3.63, 3.8) is 0 Å². The second-order valence-electron chi connectivity index (χ2n) is 3.42. The number of nitro groups is 1. The second-order valence-corrected chi connectivity index (χ2v) is 4.44. The quantitative estimate of drug-likeness (QED) is 0.553. The molecule has 0 fully saturated rings. The molecule has 0 spiro atoms. The molecule has 1 aromatic carbocycles. The smallest absolute Gasteiger partial charge is 0.257 e. The van der Waals surface area contributed by atoms with E-state index in [4.69, 9.17) is 9.47 Å². The number of fused-ring (bicyclic) bond motifs is 2. The molecule has 0 radical (unpaired) electrons. The number of benzene rings is 1. The monoisotopic (exact) mass is 237 g/mol. The maximum atomic E-state index is 10.7. The summed E-state index contributed by atoms with van der Waals surface area (Å²) in [6.45, 7) is 0.217. The molecule has 0 aliphatic carbocycles. The van der Waals surface area contributed by atoms with E-state index < -0.39 is 0 Å². The van der Waals surface area contributed by atoms with Crippen LogP contribution in [0.1, 0.15) is 5.56 Å². The lowest BCUT2D eigenvalue weighted by Crippen LogP contribution is -2.05. The third kappa shape index (κ3) is 1.42. The van der Waals surface area contributed by atoms with E-state index in [2.05, 4.69) is 0 Å². The van der Waals surface area contributed by atoms with Crippen molar-refractivity contribution in [1.82, 2.24) is 0 Å². The Bertz CT molecular complexity index is 512. The van der Waals surface area contributed by atoms with Crippen molar-refractivity contribution in [2.45, 2.75) is 4.90 Å². The van der Waals surface area contributed by atoms with Crippen LogP contribution in [-0.2, 0) is 0 Å². The standard InChI is InChI=1S/C10H7NO4S/c12-11(13)7-1-6-2-8-9(15-5-14-8)3-10(6)16-4-7/h1-3H,4-5H2. The Hall–Kier alpha value is -1.69. The fourth-order valence-electron chi connectivity index (χ4n) is 1.66. The van der Waals surface area contributed by atoms with E-state index in [1.54, 1.807) is 12.1 Å². The van der Waals surface area contributed by atoms with Crippen molar-refractivity contribution in [3.05, 3.63) is 33.5 Å². The lowest BCUT2D eigenvalue weighted by atomic mass is 10.1. The molecule has 0 saturated heterocycles. The number of nitrogens with zero attached hydrogens (tertiary/aromatic N) is 1. The van der Waals surface area contributed by atoms with E-state index in [9.17, 15) is 10.1 Å². The molecule has 3 rings (SSSR count). The van der Waals surface area contributed by atoms with E-state index in [0.717, 1.165) is 10.5 Å². The van der Waals surface area contributed by atoms with Crippen molar-refractivity contribution in [3.8, 4) is 11.5 Å². The zero-order valence-electron chi connectivity index (χ0n) is 8.13. The first-order chi connectivity index (χ1) is 7.74. The van der Waals surface area contributed by atoms with Crippen LogP contribution in [0.5, 0.6) is 11.5 Å². The minimum Gasteiger partial charge on any atom is -0.454 e. The van der Waals surface area contributed by atoms with Crippen molar-refractivity contribution in [2.24, 2.45) is 0 Å². The van der Waals surface area contributed by atoms with Gasteiger partial charge >= 0.3 is 0 Å². The van der Waals surface area contributed by atoms with Gasteiger partial charge in [0.25, 0.3) is 5.70 Å². The van der Waals surface area contributed by atoms with Gasteiger partial charge in [-0.2, -0.15) is 0 Å². The van der Waals surface area contributed by atoms with Crippen LogP contribution in [0.4, 0.5) is 0 Å². The molecule has 1 aromatic rings. The number of rotatable bonds is 1. The van der Waals surface area contributed by atoms with Crippen LogP contribution in [0, 0.1) is 10.1 Å². The molecule has 0 saturated carbocycles. The van der Waals surface area contributed by atoms with Crippen LogP contribution < -0.4 is 9.47 Å². The van der Waals surface area contributed by atoms with Gasteiger partial charge in [0.15, 0.2) is 11.5 Å². The molecule has 0 bridgehead atoms. The highest BCUT2D eigenvalue weighted by Gasteiger charge is 2.23. The van der Waals surface area contributed by atoms with E-state index in [1.807, 2.05) is 6.07 Å². The molecule has 5 nitrogen and oxygen atoms in total. The summed E-state index contributed by atoms with van der Waals surface area (Å²) in [7, 11) is 0. The average Bonchev–Trinajstić information content (AvgIpc) is 2.71. The fourth-order valence-corrected chi connectivity index (χ4v) is 2.62. The molecule has 0 N–H and O–H groups in total. The van der Waals surface area contributed by atoms with Crippen LogP contribution in [0.25, 0.3) is 6.08 Å². The zero-order chi connectivity index (χ0) is 11.1. The Morgan fingerprint density at radius 3 is 2.81 bits per heavy atom. The number of hydrogen-bond donors (Lipinski definition) is 0. The summed E-state index contributed by atoms with van der Waals surface area (Å²) in [4.78, 5) is 11.3. The molecule has 2 aliphatic heterocycles. The van der Waals surface area contributed by atoms with E-state index in [-0.39, 0.29) is 17.4 Å². The van der Waals surface area contributed by atoms with Crippen LogP contribution in [-0.4, -0.2) is 17.5 Å². The van der Waals surface area contributed by atoms with Gasteiger partial charge < -0.3 is 9.47 Å². The predicted molar refractivity (Wildman–Crippen MR) is 58.3 cm³/mol. The molecule has 0 unspecified atom stereocenters. The molecule has 16 heavy (non-hydrogen) atoms. The van der Waals surface area contributed by atoms with Crippen LogP contribution in [0.3, 0.4) is 0 Å². The summed E-state index contributed by atoms with van der Waals surface area (Å²) in [5.74, 6) is 1.75. The first kappa shape index (κ1) is 9.53. The minimum absolute atomic E-state index is 0.217. The largest absolute Gasteiger partial charge is 0.454 e. The van der Waals surface area contributed by atoms with Crippen molar-refractivity contribution in [2.75, 3.05) is 12.5 Å². The number of ether oxygens (including phenoxy) is 2. The minimum atomic E-state index is -0.347. The maximum Gasteiger partial charge on any atom is 0.257 e. The van der Waals surface area contributed by atoms with Gasteiger partial charge in [-0.3, -0.25) is 10.1 Å². The normalized spacial score (nSPS) is 16.6. The average molecular weight is 237 g/mol. The molecular formula is C10H7NO4S. The fraction of sp³-hybridized carbons (Fsp3) is 0.200. The molecule has 2 aliphatic rings. The summed E-state index contributed by atoms with van der Waals surface area (Å²) in [6.07, 6.45) is 1.59. The molecule has 82 valence electrons. The molecule has 0 amide bonds. The number of hydrogen-bond acceptors (Lipinski definition) is 5. The zero-order valence-corrected chi connectivity index (χ0v) is 8.95. The summed E-state index contributed by atoms with van der Waals surface area (Å²) in [5, 5.41) is 10.7. The molecule has 2 heterocycles. The Balaban J connectivity index is 2.09. The summed E-state index contributed by atoms with van der Waals surface area (Å²) >= 11 is 1.45.